The molecule has 78 valence electrons. The summed E-state index contributed by atoms with van der Waals surface area (Å²) < 4.78 is 25.0. The second-order valence-corrected chi connectivity index (χ2v) is 4.53. The van der Waals surface area contributed by atoms with Gasteiger partial charge in [-0.25, -0.2) is 18.4 Å². The number of sulfonamides is 1. The first kappa shape index (κ1) is 10.9. The van der Waals surface area contributed by atoms with Crippen LogP contribution in [-0.2, 0) is 10.0 Å². The number of aromatic nitrogens is 2. The molecule has 0 atom stereocenters. The van der Waals surface area contributed by atoms with Gasteiger partial charge in [-0.1, -0.05) is 0 Å². The highest BCUT2D eigenvalue weighted by Gasteiger charge is 2.09. The van der Waals surface area contributed by atoms with Gasteiger partial charge in [-0.15, -0.1) is 0 Å². The van der Waals surface area contributed by atoms with Gasteiger partial charge < -0.3 is 5.73 Å². The summed E-state index contributed by atoms with van der Waals surface area (Å²) in [6, 6.07) is 0. The van der Waals surface area contributed by atoms with Gasteiger partial charge in [0.25, 0.3) is 0 Å². The lowest BCUT2D eigenvalue weighted by Crippen LogP contribution is -2.19. The van der Waals surface area contributed by atoms with Crippen LogP contribution in [0.1, 0.15) is 6.42 Å². The summed E-state index contributed by atoms with van der Waals surface area (Å²) in [7, 11) is -3.31. The Morgan fingerprint density at radius 1 is 1.36 bits per heavy atom. The van der Waals surface area contributed by atoms with E-state index >= 15 is 0 Å². The Morgan fingerprint density at radius 3 is 2.57 bits per heavy atom. The molecule has 0 spiro atoms. The van der Waals surface area contributed by atoms with Crippen LogP contribution in [0.5, 0.6) is 0 Å². The van der Waals surface area contributed by atoms with Gasteiger partial charge in [-0.05, 0) is 13.0 Å². The predicted molar refractivity (Wildman–Crippen MR) is 53.1 cm³/mol. The van der Waals surface area contributed by atoms with Crippen molar-refractivity contribution < 1.29 is 8.42 Å². The van der Waals surface area contributed by atoms with Crippen molar-refractivity contribution in [2.45, 2.75) is 6.42 Å². The highest BCUT2D eigenvalue weighted by atomic mass is 32.2. The Kier molecular flexibility index (Phi) is 3.78. The predicted octanol–water partition coefficient (Wildman–Crippen LogP) is -0.433. The zero-order chi connectivity index (χ0) is 10.4. The molecule has 0 saturated heterocycles. The van der Waals surface area contributed by atoms with Crippen molar-refractivity contribution in [1.29, 1.82) is 0 Å². The quantitative estimate of drug-likeness (QED) is 0.695. The first-order chi connectivity index (χ1) is 6.64. The standard InChI is InChI=1S/C7H12N4O2S/c8-2-1-3-14(12,13)11-7-4-9-6-10-5-7/h4-6,11H,1-3,8H2. The third kappa shape index (κ3) is 3.67. The average Bonchev–Trinajstić information content (AvgIpc) is 2.16. The molecule has 0 fully saturated rings. The molecule has 0 aromatic carbocycles. The van der Waals surface area contributed by atoms with E-state index in [0.717, 1.165) is 0 Å². The minimum absolute atomic E-state index is 0.0123. The Hall–Kier alpha value is -1.21. The Morgan fingerprint density at radius 2 is 2.00 bits per heavy atom. The number of nitrogens with zero attached hydrogens (tertiary/aromatic N) is 2. The van der Waals surface area contributed by atoms with Crippen molar-refractivity contribution in [3.8, 4) is 0 Å². The maximum atomic E-state index is 11.3. The fraction of sp³-hybridized carbons (Fsp3) is 0.429. The van der Waals surface area contributed by atoms with Gasteiger partial charge in [0.1, 0.15) is 6.33 Å². The zero-order valence-electron chi connectivity index (χ0n) is 7.55. The van der Waals surface area contributed by atoms with E-state index in [4.69, 9.17) is 5.73 Å². The maximum Gasteiger partial charge on any atom is 0.232 e. The number of hydrogen-bond acceptors (Lipinski definition) is 5. The van der Waals surface area contributed by atoms with Crippen LogP contribution < -0.4 is 10.5 Å². The molecule has 1 rings (SSSR count). The maximum absolute atomic E-state index is 11.3. The summed E-state index contributed by atoms with van der Waals surface area (Å²) in [6.07, 6.45) is 4.56. The minimum Gasteiger partial charge on any atom is -0.330 e. The number of nitrogens with one attached hydrogen (secondary N) is 1. The van der Waals surface area contributed by atoms with E-state index in [1.807, 2.05) is 0 Å². The molecule has 3 N–H and O–H groups in total. The Bertz CT molecular complexity index is 365. The van der Waals surface area contributed by atoms with E-state index in [2.05, 4.69) is 14.7 Å². The molecular weight excluding hydrogens is 204 g/mol. The van der Waals surface area contributed by atoms with E-state index in [9.17, 15) is 8.42 Å². The molecule has 0 aliphatic rings. The Labute approximate surface area is 82.6 Å². The molecule has 0 bridgehead atoms. The van der Waals surface area contributed by atoms with Crippen LogP contribution in [0.15, 0.2) is 18.7 Å². The number of anilines is 1. The molecule has 0 saturated carbocycles. The number of hydrogen-bond donors (Lipinski definition) is 2. The average molecular weight is 216 g/mol. The first-order valence-electron chi connectivity index (χ1n) is 4.09. The van der Waals surface area contributed by atoms with Crippen molar-refractivity contribution in [3.05, 3.63) is 18.7 Å². The van der Waals surface area contributed by atoms with Crippen molar-refractivity contribution in [3.63, 3.8) is 0 Å². The fourth-order valence-corrected chi connectivity index (χ4v) is 1.97. The lowest BCUT2D eigenvalue weighted by molar-refractivity contribution is 0.598. The van der Waals surface area contributed by atoms with E-state index in [1.54, 1.807) is 0 Å². The van der Waals surface area contributed by atoms with Gasteiger partial charge in [0.15, 0.2) is 0 Å². The highest BCUT2D eigenvalue weighted by Crippen LogP contribution is 2.04. The minimum atomic E-state index is -3.31. The normalized spacial score (nSPS) is 11.2. The molecule has 0 amide bonds. The largest absolute Gasteiger partial charge is 0.330 e. The lowest BCUT2D eigenvalue weighted by Gasteiger charge is -2.05. The third-order valence-electron chi connectivity index (χ3n) is 1.45. The second-order valence-electron chi connectivity index (χ2n) is 2.69. The SMILES string of the molecule is NCCCS(=O)(=O)Nc1cncnc1. The van der Waals surface area contributed by atoms with Crippen molar-refractivity contribution in [2.24, 2.45) is 5.73 Å². The summed E-state index contributed by atoms with van der Waals surface area (Å²) in [6.45, 7) is 0.353. The van der Waals surface area contributed by atoms with Gasteiger partial charge in [0.2, 0.25) is 10.0 Å². The molecule has 0 radical (unpaired) electrons. The van der Waals surface area contributed by atoms with Gasteiger partial charge in [0.05, 0.1) is 23.8 Å². The molecule has 6 nitrogen and oxygen atoms in total. The summed E-state index contributed by atoms with van der Waals surface area (Å²) in [5.74, 6) is 0.0123. The summed E-state index contributed by atoms with van der Waals surface area (Å²) in [4.78, 5) is 7.37. The molecule has 7 heteroatoms. The van der Waals surface area contributed by atoms with Crippen LogP contribution in [0.3, 0.4) is 0 Å². The summed E-state index contributed by atoms with van der Waals surface area (Å²) >= 11 is 0. The number of rotatable bonds is 5. The lowest BCUT2D eigenvalue weighted by atomic mass is 10.5. The Balaban J connectivity index is 2.60. The van der Waals surface area contributed by atoms with Gasteiger partial charge >= 0.3 is 0 Å². The van der Waals surface area contributed by atoms with Gasteiger partial charge in [-0.3, -0.25) is 4.72 Å². The second kappa shape index (κ2) is 4.87. The van der Waals surface area contributed by atoms with Crippen molar-refractivity contribution >= 4 is 15.7 Å². The zero-order valence-corrected chi connectivity index (χ0v) is 8.37. The molecule has 1 aromatic rings. The van der Waals surface area contributed by atoms with Crippen LogP contribution in [-0.4, -0.2) is 30.7 Å². The van der Waals surface area contributed by atoms with Crippen molar-refractivity contribution in [1.82, 2.24) is 9.97 Å². The molecule has 1 heterocycles. The van der Waals surface area contributed by atoms with E-state index in [1.165, 1.54) is 18.7 Å². The van der Waals surface area contributed by atoms with E-state index in [-0.39, 0.29) is 5.75 Å². The smallest absolute Gasteiger partial charge is 0.232 e. The van der Waals surface area contributed by atoms with Crippen molar-refractivity contribution in [2.75, 3.05) is 17.0 Å². The first-order valence-corrected chi connectivity index (χ1v) is 5.75. The molecular formula is C7H12N4O2S. The van der Waals surface area contributed by atoms with Gasteiger partial charge in [-0.2, -0.15) is 0 Å². The molecule has 14 heavy (non-hydrogen) atoms. The summed E-state index contributed by atoms with van der Waals surface area (Å²) in [5.41, 5.74) is 5.58. The highest BCUT2D eigenvalue weighted by molar-refractivity contribution is 7.92. The van der Waals surface area contributed by atoms with Crippen LogP contribution in [0.25, 0.3) is 0 Å². The van der Waals surface area contributed by atoms with Gasteiger partial charge in [0, 0.05) is 0 Å². The fourth-order valence-electron chi connectivity index (χ4n) is 0.856. The van der Waals surface area contributed by atoms with Crippen LogP contribution in [0.4, 0.5) is 5.69 Å². The van der Waals surface area contributed by atoms with E-state index < -0.39 is 10.0 Å². The molecule has 1 aromatic heterocycles. The number of nitrogens with two attached hydrogens (primary N) is 1. The summed E-state index contributed by atoms with van der Waals surface area (Å²) in [5, 5.41) is 0. The molecule has 0 aliphatic heterocycles. The van der Waals surface area contributed by atoms with Crippen LogP contribution >= 0.6 is 0 Å². The van der Waals surface area contributed by atoms with Crippen LogP contribution in [0, 0.1) is 0 Å². The topological polar surface area (TPSA) is 98.0 Å². The van der Waals surface area contributed by atoms with Crippen LogP contribution in [0.2, 0.25) is 0 Å². The molecule has 0 aliphatic carbocycles. The third-order valence-corrected chi connectivity index (χ3v) is 2.82. The van der Waals surface area contributed by atoms with E-state index in [0.29, 0.717) is 18.7 Å². The molecule has 0 unspecified atom stereocenters. The monoisotopic (exact) mass is 216 g/mol.